The van der Waals surface area contributed by atoms with Gasteiger partial charge in [0.2, 0.25) is 0 Å². The Morgan fingerprint density at radius 2 is 1.87 bits per heavy atom. The monoisotopic (exact) mass is 413 g/mol. The van der Waals surface area contributed by atoms with E-state index in [0.29, 0.717) is 17.1 Å². The Morgan fingerprint density at radius 3 is 2.50 bits per heavy atom. The molecule has 0 atom stereocenters. The van der Waals surface area contributed by atoms with Crippen molar-refractivity contribution < 1.29 is 23.5 Å². The quantitative estimate of drug-likeness (QED) is 0.697. The van der Waals surface area contributed by atoms with Crippen molar-refractivity contribution in [1.29, 1.82) is 5.26 Å². The van der Waals surface area contributed by atoms with Crippen LogP contribution in [-0.2, 0) is 14.3 Å². The molecule has 2 aromatic rings. The second kappa shape index (κ2) is 9.44. The average molecular weight is 413 g/mol. The van der Waals surface area contributed by atoms with Gasteiger partial charge in [-0.2, -0.15) is 5.26 Å². The Labute approximate surface area is 174 Å². The van der Waals surface area contributed by atoms with E-state index >= 15 is 0 Å². The molecule has 1 aromatic carbocycles. The van der Waals surface area contributed by atoms with Gasteiger partial charge in [-0.15, -0.1) is 0 Å². The number of rotatable bonds is 7. The highest BCUT2D eigenvalue weighted by Crippen LogP contribution is 2.37. The third kappa shape index (κ3) is 4.79. The Kier molecular flexibility index (Phi) is 6.72. The Balaban J connectivity index is 1.59. The Hall–Kier alpha value is -3.34. The van der Waals surface area contributed by atoms with E-state index < -0.39 is 30.9 Å². The van der Waals surface area contributed by atoms with Crippen LogP contribution < -0.4 is 10.1 Å². The minimum Gasteiger partial charge on any atom is -0.482 e. The van der Waals surface area contributed by atoms with Crippen LogP contribution in [0.5, 0.6) is 5.75 Å². The second-order valence-electron chi connectivity index (χ2n) is 7.31. The molecular weight excluding hydrogens is 389 g/mol. The number of benzene rings is 1. The number of esters is 1. The lowest BCUT2D eigenvalue weighted by molar-refractivity contribution is -0.149. The van der Waals surface area contributed by atoms with Crippen molar-refractivity contribution in [2.75, 3.05) is 18.5 Å². The molecule has 1 N–H and O–H groups in total. The van der Waals surface area contributed by atoms with E-state index in [9.17, 15) is 19.2 Å². The van der Waals surface area contributed by atoms with Crippen LogP contribution in [0.1, 0.15) is 48.5 Å². The summed E-state index contributed by atoms with van der Waals surface area (Å²) in [4.78, 5) is 24.2. The first-order chi connectivity index (χ1) is 14.4. The summed E-state index contributed by atoms with van der Waals surface area (Å²) >= 11 is 0. The highest BCUT2D eigenvalue weighted by molar-refractivity contribution is 5.93. The molecule has 1 aliphatic carbocycles. The number of ether oxygens (including phenoxy) is 2. The summed E-state index contributed by atoms with van der Waals surface area (Å²) in [6, 6.07) is 7.62. The molecule has 1 aromatic heterocycles. The van der Waals surface area contributed by atoms with Crippen LogP contribution in [-0.4, -0.2) is 29.7 Å². The zero-order chi connectivity index (χ0) is 21.7. The summed E-state index contributed by atoms with van der Waals surface area (Å²) in [7, 11) is 0. The van der Waals surface area contributed by atoms with Crippen molar-refractivity contribution in [3.63, 3.8) is 0 Å². The predicted octanol–water partition coefficient (Wildman–Crippen LogP) is 3.79. The first kappa shape index (κ1) is 21.4. The lowest BCUT2D eigenvalue weighted by Gasteiger charge is -2.19. The number of hydrogen-bond donors (Lipinski definition) is 1. The van der Waals surface area contributed by atoms with Gasteiger partial charge in [0.15, 0.2) is 13.2 Å². The van der Waals surface area contributed by atoms with Crippen LogP contribution in [0, 0.1) is 31.0 Å². The minimum atomic E-state index is -0.728. The van der Waals surface area contributed by atoms with E-state index in [4.69, 9.17) is 9.47 Å². The summed E-state index contributed by atoms with van der Waals surface area (Å²) in [6.45, 7) is 2.90. The summed E-state index contributed by atoms with van der Waals surface area (Å²) in [6.07, 6.45) is 4.22. The van der Waals surface area contributed by atoms with Crippen molar-refractivity contribution in [2.45, 2.75) is 45.6 Å². The predicted molar refractivity (Wildman–Crippen MR) is 108 cm³/mol. The molecule has 0 radical (unpaired) electrons. The van der Waals surface area contributed by atoms with Crippen molar-refractivity contribution in [3.05, 3.63) is 46.9 Å². The van der Waals surface area contributed by atoms with Crippen LogP contribution in [0.2, 0.25) is 0 Å². The van der Waals surface area contributed by atoms with Gasteiger partial charge in [0.1, 0.15) is 23.5 Å². The van der Waals surface area contributed by atoms with E-state index in [-0.39, 0.29) is 6.04 Å². The number of hydrogen-bond acceptors (Lipinski definition) is 5. The first-order valence-electron chi connectivity index (χ1n) is 9.86. The van der Waals surface area contributed by atoms with Gasteiger partial charge in [-0.25, -0.2) is 9.18 Å². The SMILES string of the molecule is Cc1c(C#N)c(NC(=O)COC(=O)COc2ccc(F)cc2)n(C2CCCC2)c1C. The van der Waals surface area contributed by atoms with Gasteiger partial charge in [0.05, 0.1) is 5.56 Å². The number of nitriles is 1. The normalized spacial score (nSPS) is 13.7. The molecule has 0 aliphatic heterocycles. The van der Waals surface area contributed by atoms with Gasteiger partial charge in [0, 0.05) is 11.7 Å². The molecule has 158 valence electrons. The molecule has 0 saturated heterocycles. The van der Waals surface area contributed by atoms with Crippen LogP contribution in [0.25, 0.3) is 0 Å². The lowest BCUT2D eigenvalue weighted by Crippen LogP contribution is -2.25. The van der Waals surface area contributed by atoms with Crippen LogP contribution >= 0.6 is 0 Å². The van der Waals surface area contributed by atoms with Crippen molar-refractivity contribution >= 4 is 17.7 Å². The molecule has 0 spiro atoms. The fourth-order valence-corrected chi connectivity index (χ4v) is 3.73. The maximum absolute atomic E-state index is 12.9. The molecule has 3 rings (SSSR count). The minimum absolute atomic E-state index is 0.243. The summed E-state index contributed by atoms with van der Waals surface area (Å²) in [5, 5.41) is 12.3. The molecule has 30 heavy (non-hydrogen) atoms. The van der Waals surface area contributed by atoms with Crippen LogP contribution in [0.15, 0.2) is 24.3 Å². The Morgan fingerprint density at radius 1 is 1.20 bits per heavy atom. The molecule has 1 amide bonds. The first-order valence-corrected chi connectivity index (χ1v) is 9.86. The van der Waals surface area contributed by atoms with Crippen LogP contribution in [0.3, 0.4) is 0 Å². The van der Waals surface area contributed by atoms with Gasteiger partial charge < -0.3 is 19.4 Å². The molecule has 1 saturated carbocycles. The van der Waals surface area contributed by atoms with Crippen molar-refractivity contribution in [1.82, 2.24) is 4.57 Å². The molecule has 0 unspecified atom stereocenters. The van der Waals surface area contributed by atoms with Crippen molar-refractivity contribution in [2.24, 2.45) is 0 Å². The fraction of sp³-hybridized carbons (Fsp3) is 0.409. The molecule has 1 heterocycles. The van der Waals surface area contributed by atoms with Crippen molar-refractivity contribution in [3.8, 4) is 11.8 Å². The number of anilines is 1. The van der Waals surface area contributed by atoms with Gasteiger partial charge in [-0.1, -0.05) is 12.8 Å². The summed E-state index contributed by atoms with van der Waals surface area (Å²) in [5.41, 5.74) is 2.22. The number of halogens is 1. The number of aromatic nitrogens is 1. The second-order valence-corrected chi connectivity index (χ2v) is 7.31. The molecule has 8 heteroatoms. The van der Waals surface area contributed by atoms with E-state index in [1.807, 2.05) is 18.4 Å². The molecule has 1 fully saturated rings. The van der Waals surface area contributed by atoms with E-state index in [2.05, 4.69) is 11.4 Å². The van der Waals surface area contributed by atoms with E-state index in [1.165, 1.54) is 24.3 Å². The smallest absolute Gasteiger partial charge is 0.344 e. The fourth-order valence-electron chi connectivity index (χ4n) is 3.73. The van der Waals surface area contributed by atoms with E-state index in [1.54, 1.807) is 0 Å². The molecule has 7 nitrogen and oxygen atoms in total. The number of carbonyl (C=O) groups excluding carboxylic acids is 2. The lowest BCUT2D eigenvalue weighted by atomic mass is 10.2. The van der Waals surface area contributed by atoms with Crippen LogP contribution in [0.4, 0.5) is 10.2 Å². The number of carbonyl (C=O) groups is 2. The standard InChI is InChI=1S/C22H24FN3O4/c1-14-15(2)26(17-5-3-4-6-17)22(19(14)11-24)25-20(27)12-30-21(28)13-29-18-9-7-16(23)8-10-18/h7-10,17H,3-6,12-13H2,1-2H3,(H,25,27). The molecule has 0 bridgehead atoms. The number of amides is 1. The average Bonchev–Trinajstić information content (AvgIpc) is 3.33. The number of nitrogens with one attached hydrogen (secondary N) is 1. The van der Waals surface area contributed by atoms with Gasteiger partial charge in [-0.05, 0) is 56.5 Å². The zero-order valence-electron chi connectivity index (χ0n) is 17.0. The maximum atomic E-state index is 12.9. The zero-order valence-corrected chi connectivity index (χ0v) is 17.0. The summed E-state index contributed by atoms with van der Waals surface area (Å²) in [5.74, 6) is -0.891. The Bertz CT molecular complexity index is 970. The molecule has 1 aliphatic rings. The summed E-state index contributed by atoms with van der Waals surface area (Å²) < 4.78 is 25.0. The highest BCUT2D eigenvalue weighted by atomic mass is 19.1. The highest BCUT2D eigenvalue weighted by Gasteiger charge is 2.26. The maximum Gasteiger partial charge on any atom is 0.344 e. The van der Waals surface area contributed by atoms with Gasteiger partial charge in [-0.3, -0.25) is 4.79 Å². The van der Waals surface area contributed by atoms with E-state index in [0.717, 1.165) is 36.9 Å². The van der Waals surface area contributed by atoms with Gasteiger partial charge in [0.25, 0.3) is 5.91 Å². The van der Waals surface area contributed by atoms with Gasteiger partial charge >= 0.3 is 5.97 Å². The third-order valence-electron chi connectivity index (χ3n) is 5.35. The molecular formula is C22H24FN3O4. The third-order valence-corrected chi connectivity index (χ3v) is 5.35. The topological polar surface area (TPSA) is 93.3 Å². The number of nitrogens with zero attached hydrogens (tertiary/aromatic N) is 2. The largest absolute Gasteiger partial charge is 0.482 e.